The maximum atomic E-state index is 11.3. The van der Waals surface area contributed by atoms with Crippen molar-refractivity contribution in [2.45, 2.75) is 37.9 Å². The molecule has 0 amide bonds. The summed E-state index contributed by atoms with van der Waals surface area (Å²) in [5.74, 6) is -0.436. The summed E-state index contributed by atoms with van der Waals surface area (Å²) in [6, 6.07) is 3.34. The highest BCUT2D eigenvalue weighted by atomic mass is 35.5. The second-order valence-electron chi connectivity index (χ2n) is 5.27. The van der Waals surface area contributed by atoms with Crippen LogP contribution in [0.1, 0.15) is 32.3 Å². The number of rotatable bonds is 2. The van der Waals surface area contributed by atoms with Gasteiger partial charge in [0.25, 0.3) is 0 Å². The van der Waals surface area contributed by atoms with Crippen LogP contribution in [-0.2, 0) is 10.2 Å². The van der Waals surface area contributed by atoms with E-state index in [1.54, 1.807) is 26.0 Å². The Balaban J connectivity index is 2.08. The third-order valence-electron chi connectivity index (χ3n) is 3.42. The lowest BCUT2D eigenvalue weighted by molar-refractivity contribution is -0.140. The molecule has 1 aliphatic carbocycles. The van der Waals surface area contributed by atoms with Gasteiger partial charge in [-0.1, -0.05) is 11.6 Å². The highest BCUT2D eigenvalue weighted by molar-refractivity contribution is 6.32. The van der Waals surface area contributed by atoms with Crippen molar-refractivity contribution in [3.05, 3.63) is 22.7 Å². The molecule has 0 bridgehead atoms. The van der Waals surface area contributed by atoms with Crippen LogP contribution >= 0.6 is 11.6 Å². The minimum Gasteiger partial charge on any atom is -0.481 e. The van der Waals surface area contributed by atoms with Crippen molar-refractivity contribution < 1.29 is 19.4 Å². The van der Waals surface area contributed by atoms with Gasteiger partial charge >= 0.3 is 5.97 Å². The molecular formula is C13H13ClO4. The normalized spacial score (nSPS) is 21.7. The van der Waals surface area contributed by atoms with Crippen LogP contribution < -0.4 is 9.47 Å². The van der Waals surface area contributed by atoms with Crippen molar-refractivity contribution >= 4 is 17.6 Å². The molecule has 1 heterocycles. The number of hydrogen-bond donors (Lipinski definition) is 1. The zero-order chi connectivity index (χ0) is 13.1. The molecule has 3 rings (SSSR count). The van der Waals surface area contributed by atoms with Gasteiger partial charge in [-0.2, -0.15) is 0 Å². The predicted octanol–water partition coefficient (Wildman–Crippen LogP) is 2.96. The molecule has 0 spiro atoms. The topological polar surface area (TPSA) is 55.8 Å². The van der Waals surface area contributed by atoms with E-state index >= 15 is 0 Å². The molecule has 96 valence electrons. The Morgan fingerprint density at radius 2 is 1.83 bits per heavy atom. The summed E-state index contributed by atoms with van der Waals surface area (Å²) in [6.45, 7) is 3.59. The number of fused-ring (bicyclic) bond motifs is 1. The minimum absolute atomic E-state index is 0.426. The van der Waals surface area contributed by atoms with Crippen molar-refractivity contribution in [2.24, 2.45) is 0 Å². The Kier molecular flexibility index (Phi) is 2.15. The second kappa shape index (κ2) is 3.32. The largest absolute Gasteiger partial charge is 0.481 e. The molecule has 1 aromatic carbocycles. The summed E-state index contributed by atoms with van der Waals surface area (Å²) < 4.78 is 11.2. The van der Waals surface area contributed by atoms with Crippen LogP contribution in [0.15, 0.2) is 12.1 Å². The standard InChI is InChI=1S/C13H13ClO4/c1-12(2)17-9-5-7(8(14)6-10(9)18-12)13(3-4-13)11(15)16/h5-6H,3-4H2,1-2H3,(H,15,16). The molecule has 0 radical (unpaired) electrons. The molecule has 0 unspecified atom stereocenters. The van der Waals surface area contributed by atoms with Crippen molar-refractivity contribution in [3.8, 4) is 11.5 Å². The van der Waals surface area contributed by atoms with Crippen molar-refractivity contribution in [3.63, 3.8) is 0 Å². The van der Waals surface area contributed by atoms with Gasteiger partial charge in [-0.25, -0.2) is 0 Å². The van der Waals surface area contributed by atoms with E-state index in [9.17, 15) is 9.90 Å². The SMILES string of the molecule is CC1(C)Oc2cc(Cl)c(C3(C(=O)O)CC3)cc2O1. The van der Waals surface area contributed by atoms with E-state index in [0.29, 0.717) is 34.9 Å². The number of ether oxygens (including phenoxy) is 2. The van der Waals surface area contributed by atoms with E-state index in [4.69, 9.17) is 21.1 Å². The monoisotopic (exact) mass is 268 g/mol. The highest BCUT2D eigenvalue weighted by Gasteiger charge is 2.53. The predicted molar refractivity (Wildman–Crippen MR) is 65.3 cm³/mol. The number of carboxylic acids is 1. The van der Waals surface area contributed by atoms with Crippen molar-refractivity contribution in [2.75, 3.05) is 0 Å². The maximum absolute atomic E-state index is 11.3. The zero-order valence-electron chi connectivity index (χ0n) is 10.1. The Bertz CT molecular complexity index is 546. The zero-order valence-corrected chi connectivity index (χ0v) is 10.9. The van der Waals surface area contributed by atoms with Crippen LogP contribution in [-0.4, -0.2) is 16.9 Å². The van der Waals surface area contributed by atoms with E-state index < -0.39 is 17.2 Å². The van der Waals surface area contributed by atoms with E-state index in [0.717, 1.165) is 0 Å². The summed E-state index contributed by atoms with van der Waals surface area (Å²) in [5, 5.41) is 9.73. The Hall–Kier alpha value is -1.42. The number of halogens is 1. The first-order valence-electron chi connectivity index (χ1n) is 5.80. The summed E-state index contributed by atoms with van der Waals surface area (Å²) in [6.07, 6.45) is 1.23. The lowest BCUT2D eigenvalue weighted by atomic mass is 9.95. The quantitative estimate of drug-likeness (QED) is 0.896. The fourth-order valence-corrected chi connectivity index (χ4v) is 2.67. The van der Waals surface area contributed by atoms with E-state index in [1.807, 2.05) is 0 Å². The molecule has 1 aromatic rings. The van der Waals surface area contributed by atoms with Gasteiger partial charge < -0.3 is 14.6 Å². The number of carboxylic acid groups (broad SMARTS) is 1. The third kappa shape index (κ3) is 1.56. The lowest BCUT2D eigenvalue weighted by Gasteiger charge is -2.16. The van der Waals surface area contributed by atoms with Gasteiger partial charge in [-0.15, -0.1) is 0 Å². The van der Waals surface area contributed by atoms with E-state index in [1.165, 1.54) is 0 Å². The molecule has 1 saturated carbocycles. The number of carbonyl (C=O) groups is 1. The van der Waals surface area contributed by atoms with Gasteiger partial charge in [0.05, 0.1) is 5.41 Å². The second-order valence-corrected chi connectivity index (χ2v) is 5.68. The number of hydrogen-bond acceptors (Lipinski definition) is 3. The van der Waals surface area contributed by atoms with Gasteiger partial charge in [0.2, 0.25) is 5.79 Å². The van der Waals surface area contributed by atoms with Crippen LogP contribution in [0.3, 0.4) is 0 Å². The molecule has 0 aromatic heterocycles. The molecule has 0 atom stereocenters. The number of aliphatic carboxylic acids is 1. The highest BCUT2D eigenvalue weighted by Crippen LogP contribution is 2.54. The van der Waals surface area contributed by atoms with E-state index in [-0.39, 0.29) is 0 Å². The van der Waals surface area contributed by atoms with Crippen molar-refractivity contribution in [1.82, 2.24) is 0 Å². The van der Waals surface area contributed by atoms with Crippen LogP contribution in [0.2, 0.25) is 5.02 Å². The first kappa shape index (κ1) is 11.7. The first-order valence-corrected chi connectivity index (χ1v) is 6.17. The average Bonchev–Trinajstić information content (AvgIpc) is 2.97. The summed E-state index contributed by atoms with van der Waals surface area (Å²) >= 11 is 6.17. The summed E-state index contributed by atoms with van der Waals surface area (Å²) in [7, 11) is 0. The average molecular weight is 269 g/mol. The lowest BCUT2D eigenvalue weighted by Crippen LogP contribution is -2.29. The molecule has 1 N–H and O–H groups in total. The molecule has 4 nitrogen and oxygen atoms in total. The van der Waals surface area contributed by atoms with Gasteiger partial charge in [0.1, 0.15) is 0 Å². The fraction of sp³-hybridized carbons (Fsp3) is 0.462. The maximum Gasteiger partial charge on any atom is 0.314 e. The van der Waals surface area contributed by atoms with E-state index in [2.05, 4.69) is 0 Å². The van der Waals surface area contributed by atoms with Crippen LogP contribution in [0, 0.1) is 0 Å². The molecule has 18 heavy (non-hydrogen) atoms. The van der Waals surface area contributed by atoms with Crippen LogP contribution in [0.4, 0.5) is 0 Å². The third-order valence-corrected chi connectivity index (χ3v) is 3.73. The molecular weight excluding hydrogens is 256 g/mol. The molecule has 0 saturated heterocycles. The first-order chi connectivity index (χ1) is 8.34. The van der Waals surface area contributed by atoms with Gasteiger partial charge in [0, 0.05) is 24.9 Å². The van der Waals surface area contributed by atoms with Gasteiger partial charge in [-0.3, -0.25) is 4.79 Å². The number of benzene rings is 1. The van der Waals surface area contributed by atoms with Crippen LogP contribution in [0.25, 0.3) is 0 Å². The Labute approximate surface area is 109 Å². The van der Waals surface area contributed by atoms with Crippen molar-refractivity contribution in [1.29, 1.82) is 0 Å². The molecule has 2 aliphatic rings. The Morgan fingerprint density at radius 1 is 1.28 bits per heavy atom. The molecule has 1 aliphatic heterocycles. The van der Waals surface area contributed by atoms with Gasteiger partial charge in [-0.05, 0) is 24.5 Å². The molecule has 5 heteroatoms. The summed E-state index contributed by atoms with van der Waals surface area (Å²) in [4.78, 5) is 11.3. The smallest absolute Gasteiger partial charge is 0.314 e. The van der Waals surface area contributed by atoms with Crippen LogP contribution in [0.5, 0.6) is 11.5 Å². The Morgan fingerprint density at radius 3 is 2.33 bits per heavy atom. The van der Waals surface area contributed by atoms with Gasteiger partial charge in [0.15, 0.2) is 11.5 Å². The minimum atomic E-state index is -0.831. The fourth-order valence-electron chi connectivity index (χ4n) is 2.34. The summed E-state index contributed by atoms with van der Waals surface area (Å²) in [5.41, 5.74) is -0.209. The molecule has 1 fully saturated rings.